The van der Waals surface area contributed by atoms with Crippen molar-refractivity contribution in [1.29, 1.82) is 0 Å². The lowest BCUT2D eigenvalue weighted by Gasteiger charge is -2.27. The van der Waals surface area contributed by atoms with Crippen LogP contribution >= 0.6 is 11.6 Å². The summed E-state index contributed by atoms with van der Waals surface area (Å²) in [7, 11) is 4.21. The summed E-state index contributed by atoms with van der Waals surface area (Å²) in [5.74, 6) is 0. The summed E-state index contributed by atoms with van der Waals surface area (Å²) in [5.41, 5.74) is 2.39. The Morgan fingerprint density at radius 2 is 1.86 bits per heavy atom. The van der Waals surface area contributed by atoms with Crippen LogP contribution in [0.4, 0.5) is 5.69 Å². The molecule has 0 radical (unpaired) electrons. The van der Waals surface area contributed by atoms with Crippen LogP contribution in [-0.4, -0.2) is 45.2 Å². The fraction of sp³-hybridized carbons (Fsp3) is 0.647. The number of rotatable bonds is 9. The van der Waals surface area contributed by atoms with Crippen LogP contribution in [0.2, 0.25) is 5.02 Å². The van der Waals surface area contributed by atoms with E-state index in [1.807, 2.05) is 0 Å². The van der Waals surface area contributed by atoms with E-state index < -0.39 is 0 Å². The number of likely N-dealkylation sites (N-methyl/N-ethyl adjacent to an activating group) is 1. The first-order valence-corrected chi connectivity index (χ1v) is 8.29. The summed E-state index contributed by atoms with van der Waals surface area (Å²) in [6, 6.07) is 6.79. The highest BCUT2D eigenvalue weighted by molar-refractivity contribution is 6.33. The van der Waals surface area contributed by atoms with E-state index in [4.69, 9.17) is 11.6 Å². The summed E-state index contributed by atoms with van der Waals surface area (Å²) in [6.45, 7) is 10.5. The van der Waals surface area contributed by atoms with Crippen LogP contribution in [0.3, 0.4) is 0 Å². The fourth-order valence-corrected chi connectivity index (χ4v) is 2.72. The number of nitrogens with one attached hydrogen (secondary N) is 1. The molecule has 0 saturated carbocycles. The van der Waals surface area contributed by atoms with Crippen molar-refractivity contribution in [3.63, 3.8) is 0 Å². The van der Waals surface area contributed by atoms with Gasteiger partial charge in [-0.1, -0.05) is 31.5 Å². The largest absolute Gasteiger partial charge is 0.369 e. The van der Waals surface area contributed by atoms with Gasteiger partial charge in [0, 0.05) is 25.7 Å². The van der Waals surface area contributed by atoms with Gasteiger partial charge in [0.25, 0.3) is 0 Å². The molecule has 1 atom stereocenters. The summed E-state index contributed by atoms with van der Waals surface area (Å²) in [6.07, 6.45) is 1.12. The summed E-state index contributed by atoms with van der Waals surface area (Å²) < 4.78 is 0. The van der Waals surface area contributed by atoms with Gasteiger partial charge < -0.3 is 15.1 Å². The van der Waals surface area contributed by atoms with Crippen molar-refractivity contribution >= 4 is 17.3 Å². The Labute approximate surface area is 135 Å². The Balaban J connectivity index is 2.88. The molecule has 0 heterocycles. The number of hydrogen-bond donors (Lipinski definition) is 1. The van der Waals surface area contributed by atoms with Crippen LogP contribution in [0, 0.1) is 0 Å². The number of benzene rings is 1. The Morgan fingerprint density at radius 1 is 1.14 bits per heavy atom. The van der Waals surface area contributed by atoms with Gasteiger partial charge in [0.05, 0.1) is 10.7 Å². The second-order valence-corrected chi connectivity index (χ2v) is 6.19. The third-order valence-corrected chi connectivity index (χ3v) is 3.94. The molecule has 4 heteroatoms. The SMILES string of the molecule is CCCN(CCN(C)C)c1ccc(C(C)NCC)cc1Cl. The predicted octanol–water partition coefficient (Wildman–Crippen LogP) is 3.79. The van der Waals surface area contributed by atoms with Gasteiger partial charge in [0.2, 0.25) is 0 Å². The quantitative estimate of drug-likeness (QED) is 0.748. The minimum absolute atomic E-state index is 0.336. The molecule has 0 bridgehead atoms. The Bertz CT molecular complexity index is 420. The van der Waals surface area contributed by atoms with Gasteiger partial charge in [0.15, 0.2) is 0 Å². The molecule has 1 rings (SSSR count). The van der Waals surface area contributed by atoms with Crippen molar-refractivity contribution in [3.05, 3.63) is 28.8 Å². The lowest BCUT2D eigenvalue weighted by molar-refractivity contribution is 0.413. The van der Waals surface area contributed by atoms with Crippen molar-refractivity contribution in [1.82, 2.24) is 10.2 Å². The average Bonchev–Trinajstić information content (AvgIpc) is 2.43. The third kappa shape index (κ3) is 5.85. The first-order chi connectivity index (χ1) is 9.99. The van der Waals surface area contributed by atoms with Gasteiger partial charge in [0.1, 0.15) is 0 Å². The highest BCUT2D eigenvalue weighted by Gasteiger charge is 2.12. The minimum atomic E-state index is 0.336. The van der Waals surface area contributed by atoms with Gasteiger partial charge in [-0.15, -0.1) is 0 Å². The van der Waals surface area contributed by atoms with Crippen molar-refractivity contribution in [2.45, 2.75) is 33.2 Å². The van der Waals surface area contributed by atoms with E-state index in [1.54, 1.807) is 0 Å². The normalized spacial score (nSPS) is 12.7. The van der Waals surface area contributed by atoms with Gasteiger partial charge in [-0.25, -0.2) is 0 Å². The third-order valence-electron chi connectivity index (χ3n) is 3.63. The first-order valence-electron chi connectivity index (χ1n) is 7.92. The molecule has 1 aromatic rings. The zero-order valence-corrected chi connectivity index (χ0v) is 14.9. The van der Waals surface area contributed by atoms with Crippen molar-refractivity contribution in [2.75, 3.05) is 45.2 Å². The van der Waals surface area contributed by atoms with Crippen LogP contribution < -0.4 is 10.2 Å². The molecule has 0 spiro atoms. The first kappa shape index (κ1) is 18.3. The zero-order chi connectivity index (χ0) is 15.8. The van der Waals surface area contributed by atoms with Crippen LogP contribution in [-0.2, 0) is 0 Å². The van der Waals surface area contributed by atoms with Gasteiger partial charge in [-0.2, -0.15) is 0 Å². The molecule has 1 N–H and O–H groups in total. The molecule has 0 fully saturated rings. The standard InChI is InChI=1S/C17H30ClN3/c1-6-10-21(12-11-20(4)5)17-9-8-15(13-16(17)18)14(3)19-7-2/h8-9,13-14,19H,6-7,10-12H2,1-5H3. The van der Waals surface area contributed by atoms with Crippen molar-refractivity contribution in [3.8, 4) is 0 Å². The molecule has 0 aromatic heterocycles. The molecule has 120 valence electrons. The minimum Gasteiger partial charge on any atom is -0.369 e. The number of nitrogens with zero attached hydrogens (tertiary/aromatic N) is 2. The zero-order valence-electron chi connectivity index (χ0n) is 14.1. The Kier molecular flexibility index (Phi) is 8.09. The summed E-state index contributed by atoms with van der Waals surface area (Å²) in [4.78, 5) is 4.59. The molecule has 0 aliphatic carbocycles. The van der Waals surface area contributed by atoms with Crippen LogP contribution in [0.25, 0.3) is 0 Å². The van der Waals surface area contributed by atoms with E-state index in [1.165, 1.54) is 5.56 Å². The molecule has 1 unspecified atom stereocenters. The fourth-order valence-electron chi connectivity index (χ4n) is 2.42. The second kappa shape index (κ2) is 9.29. The predicted molar refractivity (Wildman–Crippen MR) is 94.6 cm³/mol. The molecule has 1 aromatic carbocycles. The highest BCUT2D eigenvalue weighted by Crippen LogP contribution is 2.29. The topological polar surface area (TPSA) is 18.5 Å². The maximum atomic E-state index is 6.54. The summed E-state index contributed by atoms with van der Waals surface area (Å²) >= 11 is 6.54. The molecule has 0 aliphatic rings. The van der Waals surface area contributed by atoms with Crippen LogP contribution in [0.15, 0.2) is 18.2 Å². The van der Waals surface area contributed by atoms with E-state index >= 15 is 0 Å². The average molecular weight is 312 g/mol. The second-order valence-electron chi connectivity index (χ2n) is 5.78. The molecule has 0 amide bonds. The van der Waals surface area contributed by atoms with Crippen molar-refractivity contribution < 1.29 is 0 Å². The number of anilines is 1. The van der Waals surface area contributed by atoms with E-state index in [0.29, 0.717) is 6.04 Å². The number of halogens is 1. The lowest BCUT2D eigenvalue weighted by Crippen LogP contribution is -2.32. The monoisotopic (exact) mass is 311 g/mol. The molecule has 0 aliphatic heterocycles. The van der Waals surface area contributed by atoms with Gasteiger partial charge >= 0.3 is 0 Å². The van der Waals surface area contributed by atoms with E-state index in [9.17, 15) is 0 Å². The summed E-state index contributed by atoms with van der Waals surface area (Å²) in [5, 5.41) is 4.28. The molecular weight excluding hydrogens is 282 g/mol. The lowest BCUT2D eigenvalue weighted by atomic mass is 10.1. The van der Waals surface area contributed by atoms with Crippen LogP contribution in [0.1, 0.15) is 38.8 Å². The Morgan fingerprint density at radius 3 is 2.38 bits per heavy atom. The van der Waals surface area contributed by atoms with Crippen molar-refractivity contribution in [2.24, 2.45) is 0 Å². The molecular formula is C17H30ClN3. The maximum Gasteiger partial charge on any atom is 0.0642 e. The molecule has 21 heavy (non-hydrogen) atoms. The molecule has 3 nitrogen and oxygen atoms in total. The van der Waals surface area contributed by atoms with E-state index in [0.717, 1.165) is 43.3 Å². The van der Waals surface area contributed by atoms with E-state index in [2.05, 4.69) is 68.2 Å². The van der Waals surface area contributed by atoms with Crippen LogP contribution in [0.5, 0.6) is 0 Å². The highest BCUT2D eigenvalue weighted by atomic mass is 35.5. The molecule has 0 saturated heterocycles. The van der Waals surface area contributed by atoms with Gasteiger partial charge in [-0.3, -0.25) is 0 Å². The van der Waals surface area contributed by atoms with Gasteiger partial charge in [-0.05, 0) is 51.7 Å². The smallest absolute Gasteiger partial charge is 0.0642 e. The Hall–Kier alpha value is -0.770. The maximum absolute atomic E-state index is 6.54. The number of hydrogen-bond acceptors (Lipinski definition) is 3. The van der Waals surface area contributed by atoms with E-state index in [-0.39, 0.29) is 0 Å².